The van der Waals surface area contributed by atoms with Gasteiger partial charge in [0.2, 0.25) is 0 Å². The molecule has 0 aliphatic heterocycles. The smallest absolute Gasteiger partial charge is 0.0302 e. The summed E-state index contributed by atoms with van der Waals surface area (Å²) in [5, 5.41) is 3.70. The average molecular weight is 259 g/mol. The Morgan fingerprint density at radius 2 is 1.88 bits per heavy atom. The lowest BCUT2D eigenvalue weighted by molar-refractivity contribution is -0.00000320. The zero-order valence-electron chi connectivity index (χ0n) is 9.97. The number of halogens is 1. The molecular weight excluding hydrogens is 238 g/mol. The van der Waals surface area contributed by atoms with Gasteiger partial charge in [0, 0.05) is 22.3 Å². The highest BCUT2D eigenvalue weighted by Gasteiger charge is 2.11. The van der Waals surface area contributed by atoms with Crippen molar-refractivity contribution >= 4 is 11.3 Å². The van der Waals surface area contributed by atoms with Gasteiger partial charge in [0.25, 0.3) is 0 Å². The van der Waals surface area contributed by atoms with Crippen LogP contribution in [0.25, 0.3) is 0 Å². The molecule has 0 radical (unpaired) electrons. The third-order valence-corrected chi connectivity index (χ3v) is 4.22. The lowest BCUT2D eigenvalue weighted by Gasteiger charge is -2.15. The molecule has 0 saturated heterocycles. The van der Waals surface area contributed by atoms with Crippen molar-refractivity contribution in [3.8, 4) is 0 Å². The number of nitrogens with one attached hydrogen (secondary N) is 1. The number of hydrogen-bond donors (Lipinski definition) is 1. The molecule has 0 amide bonds. The van der Waals surface area contributed by atoms with Gasteiger partial charge in [-0.2, -0.15) is 0 Å². The lowest BCUT2D eigenvalue weighted by atomic mass is 10.1. The Morgan fingerprint density at radius 3 is 2.44 bits per heavy atom. The van der Waals surface area contributed by atoms with Gasteiger partial charge in [0.05, 0.1) is 0 Å². The Labute approximate surface area is 109 Å². The van der Waals surface area contributed by atoms with Gasteiger partial charge in [0.1, 0.15) is 0 Å². The Kier molecular flexibility index (Phi) is 6.40. The SMILES string of the molecule is Cc1ccc(CNC2CCCCCC2)s1.[Cl-]. The van der Waals surface area contributed by atoms with E-state index in [0.29, 0.717) is 0 Å². The predicted molar refractivity (Wildman–Crippen MR) is 67.4 cm³/mol. The van der Waals surface area contributed by atoms with E-state index in [0.717, 1.165) is 12.6 Å². The molecule has 0 unspecified atom stereocenters. The second kappa shape index (κ2) is 7.31. The number of rotatable bonds is 3. The molecule has 16 heavy (non-hydrogen) atoms. The van der Waals surface area contributed by atoms with Crippen molar-refractivity contribution in [2.75, 3.05) is 0 Å². The van der Waals surface area contributed by atoms with Gasteiger partial charge in [0.15, 0.2) is 0 Å². The Hall–Kier alpha value is -0.0500. The maximum absolute atomic E-state index is 3.70. The van der Waals surface area contributed by atoms with Gasteiger partial charge in [-0.3, -0.25) is 0 Å². The number of hydrogen-bond acceptors (Lipinski definition) is 2. The van der Waals surface area contributed by atoms with E-state index in [1.807, 2.05) is 11.3 Å². The highest BCUT2D eigenvalue weighted by Crippen LogP contribution is 2.19. The van der Waals surface area contributed by atoms with Crippen LogP contribution in [0.2, 0.25) is 0 Å². The molecule has 3 heteroatoms. The molecule has 1 aromatic rings. The molecular formula is C13H21ClNS-. The van der Waals surface area contributed by atoms with Crippen LogP contribution in [0.1, 0.15) is 48.3 Å². The molecule has 1 aromatic heterocycles. The fourth-order valence-electron chi connectivity index (χ4n) is 2.31. The molecule has 0 bridgehead atoms. The van der Waals surface area contributed by atoms with Gasteiger partial charge in [-0.25, -0.2) is 0 Å². The molecule has 92 valence electrons. The minimum atomic E-state index is 0. The Morgan fingerprint density at radius 1 is 1.19 bits per heavy atom. The minimum Gasteiger partial charge on any atom is -1.00 e. The van der Waals surface area contributed by atoms with Gasteiger partial charge in [-0.1, -0.05) is 25.7 Å². The van der Waals surface area contributed by atoms with E-state index in [2.05, 4.69) is 24.4 Å². The van der Waals surface area contributed by atoms with Crippen molar-refractivity contribution in [2.24, 2.45) is 0 Å². The molecule has 1 nitrogen and oxygen atoms in total. The molecule has 0 atom stereocenters. The molecule has 0 spiro atoms. The quantitative estimate of drug-likeness (QED) is 0.794. The van der Waals surface area contributed by atoms with Crippen molar-refractivity contribution in [3.05, 3.63) is 21.9 Å². The average Bonchev–Trinajstić information content (AvgIpc) is 2.52. The first kappa shape index (κ1) is 14.0. The summed E-state index contributed by atoms with van der Waals surface area (Å²) in [7, 11) is 0. The molecule has 0 aromatic carbocycles. The van der Waals surface area contributed by atoms with E-state index >= 15 is 0 Å². The summed E-state index contributed by atoms with van der Waals surface area (Å²) in [5.74, 6) is 0. The third-order valence-electron chi connectivity index (χ3n) is 3.22. The van der Waals surface area contributed by atoms with Gasteiger partial charge < -0.3 is 17.7 Å². The van der Waals surface area contributed by atoms with E-state index in [1.54, 1.807) is 0 Å². The molecule has 1 aliphatic carbocycles. The van der Waals surface area contributed by atoms with Crippen LogP contribution in [0.3, 0.4) is 0 Å². The first-order valence-electron chi connectivity index (χ1n) is 6.13. The summed E-state index contributed by atoms with van der Waals surface area (Å²) in [6.45, 7) is 3.25. The fraction of sp³-hybridized carbons (Fsp3) is 0.692. The summed E-state index contributed by atoms with van der Waals surface area (Å²) < 4.78 is 0. The summed E-state index contributed by atoms with van der Waals surface area (Å²) in [4.78, 5) is 2.91. The van der Waals surface area contributed by atoms with Crippen molar-refractivity contribution in [1.29, 1.82) is 0 Å². The second-order valence-electron chi connectivity index (χ2n) is 4.58. The van der Waals surface area contributed by atoms with Crippen LogP contribution in [0, 0.1) is 6.92 Å². The van der Waals surface area contributed by atoms with Crippen molar-refractivity contribution < 1.29 is 12.4 Å². The Balaban J connectivity index is 0.00000128. The molecule has 1 fully saturated rings. The fourth-order valence-corrected chi connectivity index (χ4v) is 3.15. The molecule has 1 saturated carbocycles. The van der Waals surface area contributed by atoms with E-state index in [1.165, 1.54) is 48.3 Å². The second-order valence-corrected chi connectivity index (χ2v) is 5.95. The zero-order valence-corrected chi connectivity index (χ0v) is 11.5. The predicted octanol–water partition coefficient (Wildman–Crippen LogP) is 0.873. The summed E-state index contributed by atoms with van der Waals surface area (Å²) in [6, 6.07) is 5.24. The standard InChI is InChI=1S/C13H21NS.ClH/c1-11-8-9-13(15-11)10-14-12-6-4-2-3-5-7-12;/h8-9,12,14H,2-7,10H2,1H3;1H/p-1. The lowest BCUT2D eigenvalue weighted by Crippen LogP contribution is -3.00. The molecule has 2 rings (SSSR count). The van der Waals surface area contributed by atoms with Crippen LogP contribution in [-0.4, -0.2) is 6.04 Å². The van der Waals surface area contributed by atoms with Crippen LogP contribution in [0.5, 0.6) is 0 Å². The van der Waals surface area contributed by atoms with E-state index < -0.39 is 0 Å². The first-order chi connectivity index (χ1) is 7.34. The van der Waals surface area contributed by atoms with Gasteiger partial charge in [-0.05, 0) is 31.9 Å². The van der Waals surface area contributed by atoms with E-state index in [-0.39, 0.29) is 12.4 Å². The van der Waals surface area contributed by atoms with Gasteiger partial charge >= 0.3 is 0 Å². The highest BCUT2D eigenvalue weighted by molar-refractivity contribution is 7.11. The van der Waals surface area contributed by atoms with E-state index in [4.69, 9.17) is 0 Å². The minimum absolute atomic E-state index is 0. The van der Waals surface area contributed by atoms with Crippen LogP contribution in [0.15, 0.2) is 12.1 Å². The molecule has 1 heterocycles. The van der Waals surface area contributed by atoms with Crippen molar-refractivity contribution in [3.63, 3.8) is 0 Å². The third kappa shape index (κ3) is 4.44. The maximum Gasteiger partial charge on any atom is 0.0302 e. The topological polar surface area (TPSA) is 12.0 Å². The summed E-state index contributed by atoms with van der Waals surface area (Å²) >= 11 is 1.92. The van der Waals surface area contributed by atoms with Crippen molar-refractivity contribution in [2.45, 2.75) is 58.0 Å². The highest BCUT2D eigenvalue weighted by atomic mass is 35.5. The maximum atomic E-state index is 3.70. The number of aryl methyl sites for hydroxylation is 1. The first-order valence-corrected chi connectivity index (χ1v) is 6.95. The van der Waals surface area contributed by atoms with Gasteiger partial charge in [-0.15, -0.1) is 11.3 Å². The Bertz CT molecular complexity index is 290. The van der Waals surface area contributed by atoms with Crippen LogP contribution in [-0.2, 0) is 6.54 Å². The number of thiophene rings is 1. The normalized spacial score (nSPS) is 17.8. The van der Waals surface area contributed by atoms with E-state index in [9.17, 15) is 0 Å². The zero-order chi connectivity index (χ0) is 10.5. The van der Waals surface area contributed by atoms with Crippen LogP contribution < -0.4 is 17.7 Å². The molecule has 1 aliphatic rings. The van der Waals surface area contributed by atoms with Crippen LogP contribution in [0.4, 0.5) is 0 Å². The largest absolute Gasteiger partial charge is 1.00 e. The summed E-state index contributed by atoms with van der Waals surface area (Å²) in [6.07, 6.45) is 8.48. The summed E-state index contributed by atoms with van der Waals surface area (Å²) in [5.41, 5.74) is 0. The monoisotopic (exact) mass is 258 g/mol. The van der Waals surface area contributed by atoms with Crippen LogP contribution >= 0.6 is 11.3 Å². The van der Waals surface area contributed by atoms with Crippen molar-refractivity contribution in [1.82, 2.24) is 5.32 Å². The molecule has 1 N–H and O–H groups in total.